The molecule has 0 spiro atoms. The van der Waals surface area contributed by atoms with Crippen LogP contribution in [0.25, 0.3) is 33.7 Å². The molecule has 0 aliphatic rings. The van der Waals surface area contributed by atoms with Crippen molar-refractivity contribution in [3.05, 3.63) is 48.5 Å². The van der Waals surface area contributed by atoms with Crippen molar-refractivity contribution in [2.24, 2.45) is 0 Å². The van der Waals surface area contributed by atoms with Gasteiger partial charge < -0.3 is 14.0 Å². The number of imidazole rings is 1. The van der Waals surface area contributed by atoms with Gasteiger partial charge in [-0.3, -0.25) is 0 Å². The Morgan fingerprint density at radius 2 is 1.72 bits per heavy atom. The number of hydrogen-bond donors (Lipinski definition) is 0. The zero-order valence-corrected chi connectivity index (χ0v) is 14.1. The lowest BCUT2D eigenvalue weighted by Crippen LogP contribution is -2.07. The first-order chi connectivity index (χ1) is 12.3. The van der Waals surface area contributed by atoms with Gasteiger partial charge in [0.2, 0.25) is 0 Å². The molecule has 0 atom stereocenters. The van der Waals surface area contributed by atoms with Crippen LogP contribution in [0.1, 0.15) is 0 Å². The molecule has 0 saturated carbocycles. The van der Waals surface area contributed by atoms with E-state index >= 15 is 0 Å². The molecule has 0 amide bonds. The van der Waals surface area contributed by atoms with Crippen LogP contribution in [0.2, 0.25) is 0 Å². The summed E-state index contributed by atoms with van der Waals surface area (Å²) in [5.41, 5.74) is 4.04. The molecule has 0 aliphatic carbocycles. The fourth-order valence-corrected chi connectivity index (χ4v) is 2.88. The molecule has 0 bridgehead atoms. The second kappa shape index (κ2) is 6.49. The smallest absolute Gasteiger partial charge is 0.198 e. The molecule has 2 heterocycles. The van der Waals surface area contributed by atoms with E-state index in [2.05, 4.69) is 4.98 Å². The van der Waals surface area contributed by atoms with E-state index in [0.29, 0.717) is 18.8 Å². The Balaban J connectivity index is 1.96. The Kier molecular flexibility index (Phi) is 4.03. The molecule has 126 valence electrons. The highest BCUT2D eigenvalue weighted by Gasteiger charge is 2.16. The van der Waals surface area contributed by atoms with Crippen LogP contribution in [-0.2, 0) is 11.3 Å². The summed E-state index contributed by atoms with van der Waals surface area (Å²) < 4.78 is 12.7. The minimum atomic E-state index is 0.566. The Hall–Kier alpha value is -2.99. The summed E-state index contributed by atoms with van der Waals surface area (Å²) in [4.78, 5) is 14.2. The summed E-state index contributed by atoms with van der Waals surface area (Å²) >= 11 is 0. The fourth-order valence-electron chi connectivity index (χ4n) is 2.88. The van der Waals surface area contributed by atoms with E-state index in [1.807, 2.05) is 53.1 Å². The van der Waals surface area contributed by atoms with Crippen molar-refractivity contribution in [2.75, 3.05) is 20.8 Å². The maximum Gasteiger partial charge on any atom is 0.198 e. The highest BCUT2D eigenvalue weighted by atomic mass is 16.5. The second-order valence-electron chi connectivity index (χ2n) is 5.67. The summed E-state index contributed by atoms with van der Waals surface area (Å²) in [6.45, 7) is 1.21. The Labute approximate surface area is 145 Å². The standard InChI is InChI=1S/C19H18N4O2/c1-24-11-10-23-18(13-6-5-7-14(12-13)25-2)22-17-19(23)21-16-9-4-3-8-15(16)20-17/h3-9,12H,10-11H2,1-2H3. The van der Waals surface area contributed by atoms with Gasteiger partial charge in [-0.1, -0.05) is 24.3 Å². The summed E-state index contributed by atoms with van der Waals surface area (Å²) in [5.74, 6) is 1.59. The average Bonchev–Trinajstić information content (AvgIpc) is 3.02. The van der Waals surface area contributed by atoms with Crippen LogP contribution in [0, 0.1) is 0 Å². The van der Waals surface area contributed by atoms with Crippen molar-refractivity contribution in [1.82, 2.24) is 19.5 Å². The van der Waals surface area contributed by atoms with E-state index in [-0.39, 0.29) is 0 Å². The van der Waals surface area contributed by atoms with Gasteiger partial charge in [-0.05, 0) is 24.3 Å². The molecule has 0 aliphatic heterocycles. The maximum absolute atomic E-state index is 5.34. The van der Waals surface area contributed by atoms with E-state index in [4.69, 9.17) is 19.4 Å². The predicted molar refractivity (Wildman–Crippen MR) is 96.7 cm³/mol. The molecule has 25 heavy (non-hydrogen) atoms. The lowest BCUT2D eigenvalue weighted by Gasteiger charge is -2.09. The first-order valence-electron chi connectivity index (χ1n) is 8.06. The number of nitrogens with zero attached hydrogens (tertiary/aromatic N) is 4. The molecule has 0 unspecified atom stereocenters. The van der Waals surface area contributed by atoms with Gasteiger partial charge in [-0.2, -0.15) is 0 Å². The highest BCUT2D eigenvalue weighted by Crippen LogP contribution is 2.27. The first-order valence-corrected chi connectivity index (χ1v) is 8.06. The lowest BCUT2D eigenvalue weighted by molar-refractivity contribution is 0.188. The maximum atomic E-state index is 5.34. The van der Waals surface area contributed by atoms with Crippen molar-refractivity contribution in [2.45, 2.75) is 6.54 Å². The number of hydrogen-bond acceptors (Lipinski definition) is 5. The number of fused-ring (bicyclic) bond motifs is 2. The van der Waals surface area contributed by atoms with Crippen LogP contribution in [0.15, 0.2) is 48.5 Å². The van der Waals surface area contributed by atoms with Gasteiger partial charge in [0.15, 0.2) is 11.3 Å². The summed E-state index contributed by atoms with van der Waals surface area (Å²) in [6, 6.07) is 15.6. The molecule has 2 aromatic carbocycles. The molecule has 0 saturated heterocycles. The monoisotopic (exact) mass is 334 g/mol. The summed E-state index contributed by atoms with van der Waals surface area (Å²) in [5, 5.41) is 0. The third kappa shape index (κ3) is 2.81. The second-order valence-corrected chi connectivity index (χ2v) is 5.67. The first kappa shape index (κ1) is 15.5. The van der Waals surface area contributed by atoms with Gasteiger partial charge >= 0.3 is 0 Å². The Morgan fingerprint density at radius 1 is 0.920 bits per heavy atom. The average molecular weight is 334 g/mol. The zero-order valence-electron chi connectivity index (χ0n) is 14.1. The summed E-state index contributed by atoms with van der Waals surface area (Å²) in [7, 11) is 3.34. The zero-order chi connectivity index (χ0) is 17.2. The van der Waals surface area contributed by atoms with Gasteiger partial charge in [0, 0.05) is 19.2 Å². The minimum absolute atomic E-state index is 0.566. The van der Waals surface area contributed by atoms with Gasteiger partial charge in [-0.25, -0.2) is 15.0 Å². The van der Waals surface area contributed by atoms with Crippen molar-refractivity contribution in [1.29, 1.82) is 0 Å². The van der Waals surface area contributed by atoms with Crippen LogP contribution >= 0.6 is 0 Å². The minimum Gasteiger partial charge on any atom is -0.497 e. The highest BCUT2D eigenvalue weighted by molar-refractivity contribution is 5.84. The molecule has 2 aromatic heterocycles. The number of benzene rings is 2. The topological polar surface area (TPSA) is 62.1 Å². The Morgan fingerprint density at radius 3 is 2.48 bits per heavy atom. The number of rotatable bonds is 5. The molecule has 4 rings (SSSR count). The van der Waals surface area contributed by atoms with Gasteiger partial charge in [-0.15, -0.1) is 0 Å². The number of methoxy groups -OCH3 is 2. The van der Waals surface area contributed by atoms with Crippen LogP contribution in [-0.4, -0.2) is 40.3 Å². The van der Waals surface area contributed by atoms with E-state index in [9.17, 15) is 0 Å². The van der Waals surface area contributed by atoms with Gasteiger partial charge in [0.25, 0.3) is 0 Å². The predicted octanol–water partition coefficient (Wildman–Crippen LogP) is 3.30. The third-order valence-corrected chi connectivity index (χ3v) is 4.10. The van der Waals surface area contributed by atoms with Crippen molar-refractivity contribution >= 4 is 22.3 Å². The van der Waals surface area contributed by atoms with Crippen molar-refractivity contribution in [3.63, 3.8) is 0 Å². The molecule has 6 nitrogen and oxygen atoms in total. The van der Waals surface area contributed by atoms with E-state index in [1.54, 1.807) is 14.2 Å². The molecule has 0 fully saturated rings. The summed E-state index contributed by atoms with van der Waals surface area (Å²) in [6.07, 6.45) is 0. The SMILES string of the molecule is COCCn1c(-c2cccc(OC)c2)nc2nc3ccccc3nc21. The van der Waals surface area contributed by atoms with Crippen molar-refractivity contribution in [3.8, 4) is 17.1 Å². The number of para-hydroxylation sites is 2. The molecule has 0 N–H and O–H groups in total. The number of aromatic nitrogens is 4. The molecular formula is C19H18N4O2. The van der Waals surface area contributed by atoms with Gasteiger partial charge in [0.05, 0.1) is 24.8 Å². The Bertz CT molecular complexity index is 1040. The van der Waals surface area contributed by atoms with Crippen molar-refractivity contribution < 1.29 is 9.47 Å². The van der Waals surface area contributed by atoms with E-state index in [1.165, 1.54) is 0 Å². The van der Waals surface area contributed by atoms with Crippen LogP contribution in [0.5, 0.6) is 5.75 Å². The largest absolute Gasteiger partial charge is 0.497 e. The van der Waals surface area contributed by atoms with Crippen LogP contribution in [0.4, 0.5) is 0 Å². The lowest BCUT2D eigenvalue weighted by atomic mass is 10.2. The molecule has 0 radical (unpaired) electrons. The fraction of sp³-hybridized carbons (Fsp3) is 0.211. The van der Waals surface area contributed by atoms with Gasteiger partial charge in [0.1, 0.15) is 11.6 Å². The number of ether oxygens (including phenoxy) is 2. The van der Waals surface area contributed by atoms with Crippen LogP contribution in [0.3, 0.4) is 0 Å². The normalized spacial score (nSPS) is 11.3. The third-order valence-electron chi connectivity index (χ3n) is 4.10. The molecular weight excluding hydrogens is 316 g/mol. The molecule has 4 aromatic rings. The van der Waals surface area contributed by atoms with E-state index in [0.717, 1.165) is 33.8 Å². The van der Waals surface area contributed by atoms with E-state index < -0.39 is 0 Å². The van der Waals surface area contributed by atoms with Crippen LogP contribution < -0.4 is 4.74 Å². The molecule has 6 heteroatoms. The quantitative estimate of drug-likeness (QED) is 0.560.